The molecule has 1 aromatic carbocycles. The van der Waals surface area contributed by atoms with Crippen molar-refractivity contribution in [3.05, 3.63) is 39.4 Å². The number of benzene rings is 1. The van der Waals surface area contributed by atoms with Crippen molar-refractivity contribution in [3.63, 3.8) is 0 Å². The van der Waals surface area contributed by atoms with E-state index in [1.54, 1.807) is 6.92 Å². The van der Waals surface area contributed by atoms with Gasteiger partial charge in [-0.1, -0.05) is 6.92 Å². The van der Waals surface area contributed by atoms with Crippen LogP contribution in [0, 0.1) is 18.2 Å². The predicted molar refractivity (Wildman–Crippen MR) is 110 cm³/mol. The first kappa shape index (κ1) is 19.5. The minimum absolute atomic E-state index is 0.0110. The molecule has 1 spiro atoms. The lowest BCUT2D eigenvalue weighted by atomic mass is 9.83. The molecule has 3 atom stereocenters. The van der Waals surface area contributed by atoms with Crippen LogP contribution >= 0.6 is 0 Å². The first-order valence-electron chi connectivity index (χ1n) is 10.4. The summed E-state index contributed by atoms with van der Waals surface area (Å²) in [4.78, 5) is 26.3. The molecule has 1 saturated heterocycles. The molecule has 0 unspecified atom stereocenters. The van der Waals surface area contributed by atoms with E-state index in [-0.39, 0.29) is 17.2 Å². The minimum Gasteiger partial charge on any atom is -0.477 e. The normalized spacial score (nSPS) is 29.0. The summed E-state index contributed by atoms with van der Waals surface area (Å²) in [5, 5.41) is 9.38. The monoisotopic (exact) mass is 417 g/mol. The van der Waals surface area contributed by atoms with Crippen LogP contribution in [-0.4, -0.2) is 40.4 Å². The largest absolute Gasteiger partial charge is 0.477 e. The van der Waals surface area contributed by atoms with E-state index < -0.39 is 40.5 Å². The Kier molecular flexibility index (Phi) is 3.92. The summed E-state index contributed by atoms with van der Waals surface area (Å²) in [7, 11) is 0. The van der Waals surface area contributed by atoms with Gasteiger partial charge in [-0.15, -0.1) is 0 Å². The van der Waals surface area contributed by atoms with Crippen LogP contribution < -0.4 is 16.1 Å². The number of aromatic carboxylic acids is 1. The van der Waals surface area contributed by atoms with E-state index in [9.17, 15) is 19.1 Å². The van der Waals surface area contributed by atoms with Crippen LogP contribution in [0.3, 0.4) is 0 Å². The van der Waals surface area contributed by atoms with Gasteiger partial charge in [0.1, 0.15) is 17.6 Å². The Labute approximate surface area is 172 Å². The van der Waals surface area contributed by atoms with Gasteiger partial charge >= 0.3 is 5.97 Å². The first-order valence-corrected chi connectivity index (χ1v) is 10.4. The lowest BCUT2D eigenvalue weighted by molar-refractivity contribution is 0.0694. The molecule has 0 radical (unpaired) electrons. The van der Waals surface area contributed by atoms with E-state index in [0.717, 1.165) is 25.3 Å². The number of pyridine rings is 1. The smallest absolute Gasteiger partial charge is 0.341 e. The van der Waals surface area contributed by atoms with Gasteiger partial charge in [-0.05, 0) is 37.8 Å². The number of carboxylic acid groups (broad SMARTS) is 1. The molecule has 5 rings (SSSR count). The second-order valence-electron chi connectivity index (χ2n) is 9.28. The van der Waals surface area contributed by atoms with Crippen molar-refractivity contribution in [1.29, 1.82) is 0 Å². The van der Waals surface area contributed by atoms with Crippen LogP contribution in [0.5, 0.6) is 0 Å². The Balaban J connectivity index is 1.73. The van der Waals surface area contributed by atoms with Crippen molar-refractivity contribution in [3.8, 4) is 0 Å². The highest BCUT2D eigenvalue weighted by Gasteiger charge is 2.62. The van der Waals surface area contributed by atoms with Gasteiger partial charge < -0.3 is 20.3 Å². The molecule has 3 N–H and O–H groups in total. The van der Waals surface area contributed by atoms with Crippen molar-refractivity contribution in [2.75, 3.05) is 18.0 Å². The van der Waals surface area contributed by atoms with E-state index in [0.29, 0.717) is 29.9 Å². The molecule has 2 heterocycles. The number of hydrogen-bond acceptors (Lipinski definition) is 4. The molecule has 6 nitrogen and oxygen atoms in total. The molecule has 2 aliphatic carbocycles. The van der Waals surface area contributed by atoms with Gasteiger partial charge in [0.25, 0.3) is 0 Å². The van der Waals surface area contributed by atoms with Crippen molar-refractivity contribution >= 4 is 22.6 Å². The van der Waals surface area contributed by atoms with Gasteiger partial charge in [-0.3, -0.25) is 4.79 Å². The van der Waals surface area contributed by atoms with E-state index >= 15 is 4.39 Å². The summed E-state index contributed by atoms with van der Waals surface area (Å²) in [5.41, 5.74) is 6.36. The molecule has 160 valence electrons. The Morgan fingerprint density at radius 2 is 2.03 bits per heavy atom. The highest BCUT2D eigenvalue weighted by atomic mass is 19.1. The Morgan fingerprint density at radius 1 is 1.37 bits per heavy atom. The molecule has 2 saturated carbocycles. The quantitative estimate of drug-likeness (QED) is 0.798. The lowest BCUT2D eigenvalue weighted by Crippen LogP contribution is -2.48. The summed E-state index contributed by atoms with van der Waals surface area (Å²) < 4.78 is 30.8. The standard InChI is InChI=1S/C22H25F2N3O3/c1-3-22(25)10-26(9-21(22)4-5-21)18-11(2)17-12(6-15(18)24)19(28)13(20(29)30)8-27(17)16-7-14(16)23/h6,8,14,16H,3-5,7,9-10,25H2,1-2H3,(H,29,30)/t14-,16+,22+/m0/s1. The van der Waals surface area contributed by atoms with Crippen LogP contribution in [0.1, 0.15) is 54.6 Å². The Hall–Kier alpha value is -2.48. The molecule has 3 fully saturated rings. The molecule has 0 amide bonds. The fourth-order valence-electron chi connectivity index (χ4n) is 5.45. The SMILES string of the molecule is CC[C@@]1(N)CN(c2c(F)cc3c(=O)c(C(=O)O)cn([C@@H]4C[C@@H]4F)c3c2C)CC12CC2. The topological polar surface area (TPSA) is 88.6 Å². The number of hydrogen-bond donors (Lipinski definition) is 2. The summed E-state index contributed by atoms with van der Waals surface area (Å²) in [6.45, 7) is 4.92. The Bertz CT molecular complexity index is 1160. The second-order valence-corrected chi connectivity index (χ2v) is 9.28. The third-order valence-corrected chi connectivity index (χ3v) is 7.57. The van der Waals surface area contributed by atoms with Gasteiger partial charge in [0.2, 0.25) is 5.43 Å². The number of fused-ring (bicyclic) bond motifs is 1. The van der Waals surface area contributed by atoms with Gasteiger partial charge in [0, 0.05) is 42.0 Å². The summed E-state index contributed by atoms with van der Waals surface area (Å²) >= 11 is 0. The predicted octanol–water partition coefficient (Wildman–Crippen LogP) is 3.14. The van der Waals surface area contributed by atoms with Gasteiger partial charge in [0.15, 0.2) is 0 Å². The van der Waals surface area contributed by atoms with E-state index in [2.05, 4.69) is 0 Å². The summed E-state index contributed by atoms with van der Waals surface area (Å²) in [6.07, 6.45) is 3.16. The van der Waals surface area contributed by atoms with E-state index in [1.165, 1.54) is 10.8 Å². The van der Waals surface area contributed by atoms with Crippen LogP contribution in [-0.2, 0) is 0 Å². The number of aryl methyl sites for hydroxylation is 1. The van der Waals surface area contributed by atoms with Gasteiger partial charge in [-0.25, -0.2) is 13.6 Å². The second kappa shape index (κ2) is 6.03. The maximum absolute atomic E-state index is 15.3. The number of halogens is 2. The molecule has 1 aliphatic heterocycles. The number of rotatable bonds is 4. The zero-order chi connectivity index (χ0) is 21.6. The molecule has 2 aromatic rings. The summed E-state index contributed by atoms with van der Waals surface area (Å²) in [5.74, 6) is -1.98. The zero-order valence-electron chi connectivity index (χ0n) is 17.0. The fourth-order valence-corrected chi connectivity index (χ4v) is 5.45. The zero-order valence-corrected chi connectivity index (χ0v) is 17.0. The molecular formula is C22H25F2N3O3. The van der Waals surface area contributed by atoms with Gasteiger partial charge in [0.05, 0.1) is 17.2 Å². The maximum Gasteiger partial charge on any atom is 0.341 e. The van der Waals surface area contributed by atoms with Crippen LogP contribution in [0.25, 0.3) is 10.9 Å². The number of aromatic nitrogens is 1. The molecule has 8 heteroatoms. The van der Waals surface area contributed by atoms with Crippen molar-refractivity contribution in [2.45, 2.75) is 57.3 Å². The average molecular weight is 417 g/mol. The average Bonchev–Trinajstić information content (AvgIpc) is 3.58. The number of nitrogens with zero attached hydrogens (tertiary/aromatic N) is 2. The van der Waals surface area contributed by atoms with Crippen LogP contribution in [0.2, 0.25) is 0 Å². The van der Waals surface area contributed by atoms with Crippen molar-refractivity contribution in [2.24, 2.45) is 11.1 Å². The third-order valence-electron chi connectivity index (χ3n) is 7.57. The molecule has 30 heavy (non-hydrogen) atoms. The van der Waals surface area contributed by atoms with Crippen molar-refractivity contribution < 1.29 is 18.7 Å². The van der Waals surface area contributed by atoms with E-state index in [4.69, 9.17) is 5.73 Å². The van der Waals surface area contributed by atoms with Crippen molar-refractivity contribution in [1.82, 2.24) is 4.57 Å². The third kappa shape index (κ3) is 2.49. The van der Waals surface area contributed by atoms with E-state index in [1.807, 2.05) is 11.8 Å². The first-order chi connectivity index (χ1) is 14.1. The molecule has 0 bridgehead atoms. The lowest BCUT2D eigenvalue weighted by Gasteiger charge is -2.29. The number of nitrogens with two attached hydrogens (primary N) is 1. The van der Waals surface area contributed by atoms with Crippen LogP contribution in [0.15, 0.2) is 17.1 Å². The fraction of sp³-hybridized carbons (Fsp3) is 0.545. The number of anilines is 1. The molecule has 1 aromatic heterocycles. The minimum atomic E-state index is -1.40. The number of carboxylic acids is 1. The number of alkyl halides is 1. The molecular weight excluding hydrogens is 392 g/mol. The van der Waals surface area contributed by atoms with Gasteiger partial charge in [-0.2, -0.15) is 0 Å². The van der Waals surface area contributed by atoms with Crippen LogP contribution in [0.4, 0.5) is 14.5 Å². The maximum atomic E-state index is 15.3. The molecule has 3 aliphatic rings. The Morgan fingerprint density at radius 3 is 2.53 bits per heavy atom. The number of carbonyl (C=O) groups is 1. The summed E-state index contributed by atoms with van der Waals surface area (Å²) in [6, 6.07) is 0.571. The highest BCUT2D eigenvalue weighted by Crippen LogP contribution is 2.59. The highest BCUT2D eigenvalue weighted by molar-refractivity contribution is 5.95.